The molecule has 0 aliphatic carbocycles. The molecule has 0 aliphatic heterocycles. The molecule has 0 spiro atoms. The summed E-state index contributed by atoms with van der Waals surface area (Å²) in [5.41, 5.74) is 1.90. The predicted octanol–water partition coefficient (Wildman–Crippen LogP) is 2.94. The van der Waals surface area contributed by atoms with E-state index in [4.69, 9.17) is 16.9 Å². The van der Waals surface area contributed by atoms with Crippen LogP contribution in [0.3, 0.4) is 0 Å². The third-order valence-corrected chi connectivity index (χ3v) is 4.19. The Labute approximate surface area is 134 Å². The van der Waals surface area contributed by atoms with Crippen molar-refractivity contribution in [2.45, 2.75) is 6.42 Å². The lowest BCUT2D eigenvalue weighted by molar-refractivity contribution is 0.601. The standard InChI is InChI=1S/C15H14ClN3O2S/c1-22(20,21)9-8-11-2-4-12(5-3-11)18-15-7-6-13(16)14(10-17)19-15/h2-7H,8-9H2,1H3,(H,18,19). The monoisotopic (exact) mass is 335 g/mol. The third kappa shape index (κ3) is 4.72. The largest absolute Gasteiger partial charge is 0.340 e. The molecular weight excluding hydrogens is 322 g/mol. The van der Waals surface area contributed by atoms with Gasteiger partial charge in [-0.3, -0.25) is 0 Å². The van der Waals surface area contributed by atoms with Crippen LogP contribution in [0.4, 0.5) is 11.5 Å². The summed E-state index contributed by atoms with van der Waals surface area (Å²) in [5, 5.41) is 12.3. The van der Waals surface area contributed by atoms with E-state index in [2.05, 4.69) is 10.3 Å². The lowest BCUT2D eigenvalue weighted by atomic mass is 10.1. The Morgan fingerprint density at radius 3 is 2.50 bits per heavy atom. The first-order valence-corrected chi connectivity index (χ1v) is 8.91. The average molecular weight is 336 g/mol. The van der Waals surface area contributed by atoms with Gasteiger partial charge in [-0.2, -0.15) is 5.26 Å². The molecule has 2 aromatic rings. The highest BCUT2D eigenvalue weighted by molar-refractivity contribution is 7.90. The highest BCUT2D eigenvalue weighted by Gasteiger charge is 2.05. The van der Waals surface area contributed by atoms with Crippen molar-refractivity contribution in [1.29, 1.82) is 5.26 Å². The van der Waals surface area contributed by atoms with Crippen LogP contribution in [0.25, 0.3) is 0 Å². The van der Waals surface area contributed by atoms with Crippen LogP contribution in [0.15, 0.2) is 36.4 Å². The lowest BCUT2D eigenvalue weighted by Crippen LogP contribution is -2.05. The molecule has 1 heterocycles. The van der Waals surface area contributed by atoms with Crippen LogP contribution >= 0.6 is 11.6 Å². The molecule has 22 heavy (non-hydrogen) atoms. The number of aromatic nitrogens is 1. The SMILES string of the molecule is CS(=O)(=O)CCc1ccc(Nc2ccc(Cl)c(C#N)n2)cc1. The van der Waals surface area contributed by atoms with Crippen LogP contribution < -0.4 is 5.32 Å². The zero-order chi connectivity index (χ0) is 16.2. The third-order valence-electron chi connectivity index (χ3n) is 2.94. The number of benzene rings is 1. The maximum atomic E-state index is 11.1. The van der Waals surface area contributed by atoms with Crippen LogP contribution in [0.1, 0.15) is 11.3 Å². The molecule has 0 saturated heterocycles. The van der Waals surface area contributed by atoms with Crippen LogP contribution in [0, 0.1) is 11.3 Å². The van der Waals surface area contributed by atoms with Crippen LogP contribution in [0.2, 0.25) is 5.02 Å². The molecule has 0 bridgehead atoms. The number of nitrogens with zero attached hydrogens (tertiary/aromatic N) is 2. The van der Waals surface area contributed by atoms with Gasteiger partial charge in [0.05, 0.1) is 10.8 Å². The molecule has 0 unspecified atom stereocenters. The number of rotatable bonds is 5. The first-order chi connectivity index (χ1) is 10.4. The summed E-state index contributed by atoms with van der Waals surface area (Å²) in [6, 6.07) is 12.6. The number of hydrogen-bond donors (Lipinski definition) is 1. The summed E-state index contributed by atoms with van der Waals surface area (Å²) in [6.07, 6.45) is 1.71. The Hall–Kier alpha value is -2.10. The second-order valence-corrected chi connectivity index (χ2v) is 7.51. The molecular formula is C15H14ClN3O2S. The van der Waals surface area contributed by atoms with Crippen molar-refractivity contribution in [2.24, 2.45) is 0 Å². The van der Waals surface area contributed by atoms with Crippen molar-refractivity contribution in [2.75, 3.05) is 17.3 Å². The Bertz CT molecular complexity index is 812. The minimum Gasteiger partial charge on any atom is -0.340 e. The van der Waals surface area contributed by atoms with Gasteiger partial charge in [-0.05, 0) is 36.2 Å². The summed E-state index contributed by atoms with van der Waals surface area (Å²) in [6.45, 7) is 0. The fourth-order valence-electron chi connectivity index (χ4n) is 1.80. The molecule has 0 amide bonds. The van der Waals surface area contributed by atoms with E-state index in [1.54, 1.807) is 12.1 Å². The Balaban J connectivity index is 2.07. The van der Waals surface area contributed by atoms with Gasteiger partial charge in [0.2, 0.25) is 0 Å². The summed E-state index contributed by atoms with van der Waals surface area (Å²) < 4.78 is 22.3. The number of nitriles is 1. The van der Waals surface area contributed by atoms with Crippen molar-refractivity contribution < 1.29 is 8.42 Å². The smallest absolute Gasteiger partial charge is 0.161 e. The number of sulfone groups is 1. The zero-order valence-corrected chi connectivity index (χ0v) is 13.4. The van der Waals surface area contributed by atoms with Crippen molar-refractivity contribution >= 4 is 32.9 Å². The molecule has 2 rings (SSSR count). The van der Waals surface area contributed by atoms with E-state index in [1.807, 2.05) is 30.3 Å². The molecule has 0 saturated carbocycles. The summed E-state index contributed by atoms with van der Waals surface area (Å²) in [5.74, 6) is 0.647. The summed E-state index contributed by atoms with van der Waals surface area (Å²) in [7, 11) is -2.96. The predicted molar refractivity (Wildman–Crippen MR) is 87.1 cm³/mol. The van der Waals surface area contributed by atoms with Crippen molar-refractivity contribution in [3.63, 3.8) is 0 Å². The number of aryl methyl sites for hydroxylation is 1. The van der Waals surface area contributed by atoms with Crippen LogP contribution in [0.5, 0.6) is 0 Å². The van der Waals surface area contributed by atoms with Gasteiger partial charge in [-0.1, -0.05) is 23.7 Å². The zero-order valence-electron chi connectivity index (χ0n) is 11.9. The van der Waals surface area contributed by atoms with Crippen molar-refractivity contribution in [3.05, 3.63) is 52.7 Å². The lowest BCUT2D eigenvalue weighted by Gasteiger charge is -2.07. The molecule has 5 nitrogen and oxygen atoms in total. The van der Waals surface area contributed by atoms with Crippen LogP contribution in [-0.4, -0.2) is 25.4 Å². The highest BCUT2D eigenvalue weighted by atomic mass is 35.5. The van der Waals surface area contributed by atoms with Gasteiger partial charge < -0.3 is 5.32 Å². The topological polar surface area (TPSA) is 82.9 Å². The fraction of sp³-hybridized carbons (Fsp3) is 0.200. The average Bonchev–Trinajstić information content (AvgIpc) is 2.48. The molecule has 0 fully saturated rings. The Kier molecular flexibility index (Phi) is 5.01. The van der Waals surface area contributed by atoms with Crippen LogP contribution in [-0.2, 0) is 16.3 Å². The molecule has 114 valence electrons. The van der Waals surface area contributed by atoms with E-state index in [0.717, 1.165) is 11.3 Å². The molecule has 1 aromatic heterocycles. The van der Waals surface area contributed by atoms with Crippen molar-refractivity contribution in [3.8, 4) is 6.07 Å². The second-order valence-electron chi connectivity index (χ2n) is 4.84. The maximum absolute atomic E-state index is 11.1. The molecule has 1 N–H and O–H groups in total. The number of pyridine rings is 1. The normalized spacial score (nSPS) is 11.0. The molecule has 0 aliphatic rings. The Morgan fingerprint density at radius 1 is 1.23 bits per heavy atom. The first-order valence-electron chi connectivity index (χ1n) is 6.48. The van der Waals surface area contributed by atoms with Gasteiger partial charge in [-0.15, -0.1) is 0 Å². The molecule has 7 heteroatoms. The van der Waals surface area contributed by atoms with Gasteiger partial charge in [0.1, 0.15) is 21.7 Å². The number of nitrogens with one attached hydrogen (secondary N) is 1. The van der Waals surface area contributed by atoms with E-state index in [9.17, 15) is 8.42 Å². The van der Waals surface area contributed by atoms with Gasteiger partial charge in [-0.25, -0.2) is 13.4 Å². The van der Waals surface area contributed by atoms with E-state index >= 15 is 0 Å². The van der Waals surface area contributed by atoms with E-state index in [1.165, 1.54) is 6.26 Å². The molecule has 1 aromatic carbocycles. The van der Waals surface area contributed by atoms with E-state index in [0.29, 0.717) is 17.3 Å². The van der Waals surface area contributed by atoms with Gasteiger partial charge in [0.15, 0.2) is 5.69 Å². The Morgan fingerprint density at radius 2 is 1.91 bits per heavy atom. The van der Waals surface area contributed by atoms with Crippen molar-refractivity contribution in [1.82, 2.24) is 4.98 Å². The minimum atomic E-state index is -2.96. The fourth-order valence-corrected chi connectivity index (χ4v) is 2.55. The van der Waals surface area contributed by atoms with Gasteiger partial charge in [0.25, 0.3) is 0 Å². The second kappa shape index (κ2) is 6.77. The van der Waals surface area contributed by atoms with Gasteiger partial charge in [0, 0.05) is 11.9 Å². The highest BCUT2D eigenvalue weighted by Crippen LogP contribution is 2.20. The van der Waals surface area contributed by atoms with E-state index in [-0.39, 0.29) is 11.4 Å². The van der Waals surface area contributed by atoms with E-state index < -0.39 is 9.84 Å². The molecule has 0 radical (unpaired) electrons. The number of anilines is 2. The summed E-state index contributed by atoms with van der Waals surface area (Å²) >= 11 is 5.83. The molecule has 0 atom stereocenters. The number of halogens is 1. The minimum absolute atomic E-state index is 0.129. The van der Waals surface area contributed by atoms with Gasteiger partial charge >= 0.3 is 0 Å². The first kappa shape index (κ1) is 16.3. The maximum Gasteiger partial charge on any atom is 0.161 e. The summed E-state index contributed by atoms with van der Waals surface area (Å²) in [4.78, 5) is 4.09. The quantitative estimate of drug-likeness (QED) is 0.908. The number of hydrogen-bond acceptors (Lipinski definition) is 5.